The highest BCUT2D eigenvalue weighted by molar-refractivity contribution is 6.58. The van der Waals surface area contributed by atoms with Gasteiger partial charge in [-0.25, -0.2) is 0 Å². The zero-order valence-corrected chi connectivity index (χ0v) is 9.84. The summed E-state index contributed by atoms with van der Waals surface area (Å²) in [4.78, 5) is 0. The molecule has 0 unspecified atom stereocenters. The maximum Gasteiger partial charge on any atom is 0.488 e. The monoisotopic (exact) mass is 240 g/mol. The number of rotatable bonds is 1. The molecule has 0 spiro atoms. The zero-order valence-electron chi connectivity index (χ0n) is 9.84. The molecule has 1 heterocycles. The fraction of sp³-hybridized carbons (Fsp3) is 0.143. The van der Waals surface area contributed by atoms with E-state index in [-0.39, 0.29) is 0 Å². The molecule has 0 aliphatic carbocycles. The van der Waals surface area contributed by atoms with Crippen LogP contribution >= 0.6 is 0 Å². The smallest absolute Gasteiger partial charge is 0.488 e. The Labute approximate surface area is 106 Å². The van der Waals surface area contributed by atoms with Gasteiger partial charge < -0.3 is 14.8 Å². The standard InChI is InChI=1S/C14H13BO3/c16-15(17)11-5-6-13-12-4-2-1-3-10(12)7-8-18-14(13)9-11/h1-6,9,16-17H,7-8H2. The molecular weight excluding hydrogens is 227 g/mol. The Morgan fingerprint density at radius 1 is 1.00 bits per heavy atom. The van der Waals surface area contributed by atoms with Crippen molar-refractivity contribution < 1.29 is 14.8 Å². The van der Waals surface area contributed by atoms with E-state index in [0.29, 0.717) is 17.8 Å². The van der Waals surface area contributed by atoms with Crippen molar-refractivity contribution in [1.82, 2.24) is 0 Å². The van der Waals surface area contributed by atoms with E-state index < -0.39 is 7.12 Å². The van der Waals surface area contributed by atoms with E-state index in [1.165, 1.54) is 5.56 Å². The third kappa shape index (κ3) is 1.90. The first-order valence-corrected chi connectivity index (χ1v) is 5.97. The van der Waals surface area contributed by atoms with Gasteiger partial charge in [-0.05, 0) is 22.7 Å². The lowest BCUT2D eigenvalue weighted by Gasteiger charge is -2.10. The Morgan fingerprint density at radius 2 is 1.83 bits per heavy atom. The largest absolute Gasteiger partial charge is 0.493 e. The second-order valence-corrected chi connectivity index (χ2v) is 4.38. The number of fused-ring (bicyclic) bond motifs is 3. The number of hydrogen-bond donors (Lipinski definition) is 2. The van der Waals surface area contributed by atoms with Gasteiger partial charge in [-0.2, -0.15) is 0 Å². The molecular formula is C14H13BO3. The summed E-state index contributed by atoms with van der Waals surface area (Å²) in [6, 6.07) is 13.5. The zero-order chi connectivity index (χ0) is 12.5. The predicted octanol–water partition coefficient (Wildman–Crippen LogP) is 0.968. The van der Waals surface area contributed by atoms with Crippen LogP contribution in [0.3, 0.4) is 0 Å². The molecule has 0 saturated heterocycles. The molecule has 0 amide bonds. The molecule has 4 heteroatoms. The normalized spacial score (nSPS) is 13.0. The van der Waals surface area contributed by atoms with E-state index in [1.807, 2.05) is 18.2 Å². The molecule has 3 rings (SSSR count). The molecule has 0 fully saturated rings. The van der Waals surface area contributed by atoms with Crippen LogP contribution in [0.4, 0.5) is 0 Å². The number of hydrogen-bond acceptors (Lipinski definition) is 3. The van der Waals surface area contributed by atoms with Gasteiger partial charge in [0, 0.05) is 12.0 Å². The molecule has 1 aliphatic heterocycles. The highest BCUT2D eigenvalue weighted by Crippen LogP contribution is 2.34. The summed E-state index contributed by atoms with van der Waals surface area (Å²) in [6.45, 7) is 0.606. The second-order valence-electron chi connectivity index (χ2n) is 4.38. The van der Waals surface area contributed by atoms with E-state index in [2.05, 4.69) is 12.1 Å². The Hall–Kier alpha value is -1.78. The topological polar surface area (TPSA) is 49.7 Å². The Balaban J connectivity index is 2.16. The van der Waals surface area contributed by atoms with Crippen LogP contribution in [0.5, 0.6) is 5.75 Å². The van der Waals surface area contributed by atoms with Crippen molar-refractivity contribution in [2.75, 3.05) is 6.61 Å². The molecule has 0 saturated carbocycles. The number of ether oxygens (including phenoxy) is 1. The summed E-state index contributed by atoms with van der Waals surface area (Å²) < 4.78 is 5.70. The van der Waals surface area contributed by atoms with E-state index in [4.69, 9.17) is 4.74 Å². The summed E-state index contributed by atoms with van der Waals surface area (Å²) in [5.41, 5.74) is 3.87. The van der Waals surface area contributed by atoms with E-state index >= 15 is 0 Å². The van der Waals surface area contributed by atoms with Gasteiger partial charge in [0.15, 0.2) is 0 Å². The Bertz CT molecular complexity index is 581. The van der Waals surface area contributed by atoms with Crippen LogP contribution in [-0.2, 0) is 6.42 Å². The van der Waals surface area contributed by atoms with Crippen LogP contribution in [0.1, 0.15) is 5.56 Å². The van der Waals surface area contributed by atoms with Crippen LogP contribution in [0.2, 0.25) is 0 Å². The molecule has 0 atom stereocenters. The first kappa shape index (κ1) is 11.3. The fourth-order valence-corrected chi connectivity index (χ4v) is 2.31. The van der Waals surface area contributed by atoms with Crippen LogP contribution < -0.4 is 10.2 Å². The van der Waals surface area contributed by atoms with Crippen LogP contribution in [-0.4, -0.2) is 23.8 Å². The maximum atomic E-state index is 9.19. The molecule has 0 bridgehead atoms. The van der Waals surface area contributed by atoms with E-state index in [9.17, 15) is 10.0 Å². The lowest BCUT2D eigenvalue weighted by molar-refractivity contribution is 0.326. The van der Waals surface area contributed by atoms with Gasteiger partial charge in [-0.1, -0.05) is 36.4 Å². The van der Waals surface area contributed by atoms with Gasteiger partial charge in [0.1, 0.15) is 5.75 Å². The first-order chi connectivity index (χ1) is 8.75. The van der Waals surface area contributed by atoms with Crippen molar-refractivity contribution in [2.24, 2.45) is 0 Å². The van der Waals surface area contributed by atoms with Gasteiger partial charge in [-0.3, -0.25) is 0 Å². The minimum Gasteiger partial charge on any atom is -0.493 e. The molecule has 0 radical (unpaired) electrons. The Morgan fingerprint density at radius 3 is 2.67 bits per heavy atom. The predicted molar refractivity (Wildman–Crippen MR) is 70.9 cm³/mol. The van der Waals surface area contributed by atoms with Crippen LogP contribution in [0, 0.1) is 0 Å². The molecule has 3 nitrogen and oxygen atoms in total. The lowest BCUT2D eigenvalue weighted by atomic mass is 9.79. The SMILES string of the molecule is OB(O)c1ccc2c(c1)OCCc1ccccc1-2. The molecule has 1 aliphatic rings. The van der Waals surface area contributed by atoms with Gasteiger partial charge in [-0.15, -0.1) is 0 Å². The Kier molecular flexibility index (Phi) is 2.82. The maximum absolute atomic E-state index is 9.19. The molecule has 2 aromatic carbocycles. The molecule has 90 valence electrons. The fourth-order valence-electron chi connectivity index (χ4n) is 2.31. The van der Waals surface area contributed by atoms with Crippen molar-refractivity contribution in [1.29, 1.82) is 0 Å². The summed E-state index contributed by atoms with van der Waals surface area (Å²) in [7, 11) is -1.46. The molecule has 2 N–H and O–H groups in total. The third-order valence-electron chi connectivity index (χ3n) is 3.24. The van der Waals surface area contributed by atoms with E-state index in [0.717, 1.165) is 17.5 Å². The second kappa shape index (κ2) is 4.48. The average Bonchev–Trinajstić information content (AvgIpc) is 2.57. The highest BCUT2D eigenvalue weighted by atomic mass is 16.5. The quantitative estimate of drug-likeness (QED) is 0.730. The minimum absolute atomic E-state index is 0.452. The third-order valence-corrected chi connectivity index (χ3v) is 3.24. The number of benzene rings is 2. The summed E-state index contributed by atoms with van der Waals surface area (Å²) in [5.74, 6) is 0.713. The van der Waals surface area contributed by atoms with Crippen molar-refractivity contribution in [3.63, 3.8) is 0 Å². The molecule has 0 aromatic heterocycles. The molecule has 18 heavy (non-hydrogen) atoms. The van der Waals surface area contributed by atoms with Crippen molar-refractivity contribution in [3.8, 4) is 16.9 Å². The van der Waals surface area contributed by atoms with Crippen LogP contribution in [0.15, 0.2) is 42.5 Å². The van der Waals surface area contributed by atoms with Gasteiger partial charge >= 0.3 is 7.12 Å². The van der Waals surface area contributed by atoms with Crippen molar-refractivity contribution in [2.45, 2.75) is 6.42 Å². The van der Waals surface area contributed by atoms with Gasteiger partial charge in [0.25, 0.3) is 0 Å². The minimum atomic E-state index is -1.46. The summed E-state index contributed by atoms with van der Waals surface area (Å²) in [5, 5.41) is 18.4. The summed E-state index contributed by atoms with van der Waals surface area (Å²) in [6.07, 6.45) is 0.863. The van der Waals surface area contributed by atoms with E-state index in [1.54, 1.807) is 12.1 Å². The van der Waals surface area contributed by atoms with Crippen molar-refractivity contribution >= 4 is 12.6 Å². The van der Waals surface area contributed by atoms with Crippen LogP contribution in [0.25, 0.3) is 11.1 Å². The lowest BCUT2D eigenvalue weighted by Crippen LogP contribution is -2.29. The average molecular weight is 240 g/mol. The van der Waals surface area contributed by atoms with Gasteiger partial charge in [0.2, 0.25) is 0 Å². The van der Waals surface area contributed by atoms with Gasteiger partial charge in [0.05, 0.1) is 6.61 Å². The summed E-state index contributed by atoms with van der Waals surface area (Å²) >= 11 is 0. The first-order valence-electron chi connectivity index (χ1n) is 5.97. The highest BCUT2D eigenvalue weighted by Gasteiger charge is 2.18. The van der Waals surface area contributed by atoms with Crippen molar-refractivity contribution in [3.05, 3.63) is 48.0 Å². The molecule has 2 aromatic rings.